The molecular formula is C15H16O4S. The molecule has 0 atom stereocenters. The Balaban J connectivity index is 2.59. The molecule has 0 spiro atoms. The van der Waals surface area contributed by atoms with Crippen molar-refractivity contribution in [3.63, 3.8) is 0 Å². The fraction of sp³-hybridized carbons (Fsp3) is 0.200. The largest absolute Gasteiger partial charge is 0.508 e. The number of sulfone groups is 1. The summed E-state index contributed by atoms with van der Waals surface area (Å²) in [4.78, 5) is -0.0825. The van der Waals surface area contributed by atoms with Gasteiger partial charge in [0.2, 0.25) is 9.84 Å². The number of benzene rings is 2. The van der Waals surface area contributed by atoms with E-state index in [1.165, 1.54) is 36.4 Å². The highest BCUT2D eigenvalue weighted by atomic mass is 32.2. The van der Waals surface area contributed by atoms with Gasteiger partial charge < -0.3 is 10.2 Å². The van der Waals surface area contributed by atoms with E-state index < -0.39 is 9.84 Å². The number of hydrogen-bond donors (Lipinski definition) is 2. The molecule has 2 rings (SSSR count). The van der Waals surface area contributed by atoms with Crippen LogP contribution in [0.3, 0.4) is 0 Å². The molecule has 0 aliphatic rings. The normalized spacial score (nSPS) is 11.8. The molecule has 2 N–H and O–H groups in total. The smallest absolute Gasteiger partial charge is 0.210 e. The Labute approximate surface area is 118 Å². The summed E-state index contributed by atoms with van der Waals surface area (Å²) in [6.07, 6.45) is 0. The van der Waals surface area contributed by atoms with Gasteiger partial charge in [-0.3, -0.25) is 0 Å². The van der Waals surface area contributed by atoms with Crippen molar-refractivity contribution >= 4 is 9.84 Å². The first-order valence-corrected chi connectivity index (χ1v) is 7.67. The van der Waals surface area contributed by atoms with Crippen molar-refractivity contribution in [3.05, 3.63) is 48.0 Å². The summed E-state index contributed by atoms with van der Waals surface area (Å²) < 4.78 is 25.0. The minimum absolute atomic E-state index is 0.0101. The van der Waals surface area contributed by atoms with E-state index in [9.17, 15) is 18.6 Å². The molecule has 0 heterocycles. The van der Waals surface area contributed by atoms with Gasteiger partial charge >= 0.3 is 0 Å². The predicted octanol–water partition coefficient (Wildman–Crippen LogP) is 3.05. The monoisotopic (exact) mass is 292 g/mol. The maximum absolute atomic E-state index is 12.5. The molecule has 0 aliphatic heterocycles. The van der Waals surface area contributed by atoms with Crippen LogP contribution in [0.2, 0.25) is 0 Å². The minimum atomic E-state index is -3.80. The Hall–Kier alpha value is -2.01. The summed E-state index contributed by atoms with van der Waals surface area (Å²) in [6.45, 7) is 3.90. The lowest BCUT2D eigenvalue weighted by Crippen LogP contribution is -2.03. The second-order valence-corrected chi connectivity index (χ2v) is 6.80. The Morgan fingerprint density at radius 1 is 0.950 bits per heavy atom. The highest BCUT2D eigenvalue weighted by Crippen LogP contribution is 2.31. The molecule has 0 bridgehead atoms. The first kappa shape index (κ1) is 14.4. The maximum Gasteiger partial charge on any atom is 0.210 e. The predicted molar refractivity (Wildman–Crippen MR) is 75.8 cm³/mol. The van der Waals surface area contributed by atoms with Crippen LogP contribution in [0.15, 0.2) is 52.3 Å². The Kier molecular flexibility index (Phi) is 3.72. The second kappa shape index (κ2) is 5.17. The van der Waals surface area contributed by atoms with Crippen molar-refractivity contribution < 1.29 is 18.6 Å². The van der Waals surface area contributed by atoms with Gasteiger partial charge in [0, 0.05) is 0 Å². The summed E-state index contributed by atoms with van der Waals surface area (Å²) in [5.41, 5.74) is 0.833. The fourth-order valence-corrected chi connectivity index (χ4v) is 3.24. The third-order valence-electron chi connectivity index (χ3n) is 3.09. The Morgan fingerprint density at radius 3 is 2.10 bits per heavy atom. The summed E-state index contributed by atoms with van der Waals surface area (Å²) >= 11 is 0. The molecule has 0 fully saturated rings. The summed E-state index contributed by atoms with van der Waals surface area (Å²) in [5, 5.41) is 19.1. The first-order valence-electron chi connectivity index (χ1n) is 6.19. The Bertz CT molecular complexity index is 716. The SMILES string of the molecule is CC(C)c1ccc(O)c(S(=O)(=O)c2ccc(O)cc2)c1. The van der Waals surface area contributed by atoms with Gasteiger partial charge in [-0.1, -0.05) is 19.9 Å². The van der Waals surface area contributed by atoms with Crippen molar-refractivity contribution in [1.82, 2.24) is 0 Å². The summed E-state index contributed by atoms with van der Waals surface area (Å²) in [7, 11) is -3.80. The number of phenolic OH excluding ortho intramolecular Hbond substituents is 2. The van der Waals surface area contributed by atoms with Gasteiger partial charge in [-0.15, -0.1) is 0 Å². The third kappa shape index (κ3) is 2.63. The van der Waals surface area contributed by atoms with Gasteiger partial charge in [0.15, 0.2) is 0 Å². The van der Waals surface area contributed by atoms with E-state index >= 15 is 0 Å². The molecule has 4 nitrogen and oxygen atoms in total. The van der Waals surface area contributed by atoms with Crippen molar-refractivity contribution in [2.45, 2.75) is 29.6 Å². The number of rotatable bonds is 3. The van der Waals surface area contributed by atoms with E-state index in [0.717, 1.165) is 5.56 Å². The molecule has 0 aliphatic carbocycles. The third-order valence-corrected chi connectivity index (χ3v) is 4.89. The fourth-order valence-electron chi connectivity index (χ4n) is 1.86. The van der Waals surface area contributed by atoms with E-state index in [4.69, 9.17) is 0 Å². The van der Waals surface area contributed by atoms with E-state index in [2.05, 4.69) is 0 Å². The molecule has 20 heavy (non-hydrogen) atoms. The maximum atomic E-state index is 12.5. The highest BCUT2D eigenvalue weighted by Gasteiger charge is 2.22. The molecule has 0 radical (unpaired) electrons. The van der Waals surface area contributed by atoms with E-state index in [1.807, 2.05) is 13.8 Å². The molecule has 0 unspecified atom stereocenters. The zero-order valence-electron chi connectivity index (χ0n) is 11.2. The lowest BCUT2D eigenvalue weighted by atomic mass is 10.0. The summed E-state index contributed by atoms with van der Waals surface area (Å²) in [5.74, 6) is -0.129. The van der Waals surface area contributed by atoms with Gasteiger partial charge in [-0.25, -0.2) is 8.42 Å². The quantitative estimate of drug-likeness (QED) is 0.911. The molecule has 0 amide bonds. The van der Waals surface area contributed by atoms with Crippen molar-refractivity contribution in [2.24, 2.45) is 0 Å². The van der Waals surface area contributed by atoms with Gasteiger partial charge in [-0.05, 0) is 47.9 Å². The zero-order valence-corrected chi connectivity index (χ0v) is 12.1. The van der Waals surface area contributed by atoms with Gasteiger partial charge in [0.05, 0.1) is 4.90 Å². The van der Waals surface area contributed by atoms with Gasteiger partial charge in [0.25, 0.3) is 0 Å². The molecule has 0 saturated carbocycles. The van der Waals surface area contributed by atoms with E-state index in [0.29, 0.717) is 0 Å². The second-order valence-electron chi connectivity index (χ2n) is 4.88. The average molecular weight is 292 g/mol. The number of hydrogen-bond acceptors (Lipinski definition) is 4. The van der Waals surface area contributed by atoms with Gasteiger partial charge in [-0.2, -0.15) is 0 Å². The van der Waals surface area contributed by atoms with Crippen LogP contribution in [0.1, 0.15) is 25.3 Å². The lowest BCUT2D eigenvalue weighted by molar-refractivity contribution is 0.458. The van der Waals surface area contributed by atoms with Crippen LogP contribution in [0.4, 0.5) is 0 Å². The minimum Gasteiger partial charge on any atom is -0.508 e. The van der Waals surface area contributed by atoms with Crippen LogP contribution in [0.25, 0.3) is 0 Å². The molecular weight excluding hydrogens is 276 g/mol. The van der Waals surface area contributed by atoms with Crippen LogP contribution in [0, 0.1) is 0 Å². The van der Waals surface area contributed by atoms with Crippen LogP contribution in [-0.4, -0.2) is 18.6 Å². The standard InChI is InChI=1S/C15H16O4S/c1-10(2)11-3-8-14(17)15(9-11)20(18,19)13-6-4-12(16)5-7-13/h3-10,16-17H,1-2H3. The Morgan fingerprint density at radius 2 is 1.55 bits per heavy atom. The first-order chi connectivity index (χ1) is 9.32. The molecule has 5 heteroatoms. The van der Waals surface area contributed by atoms with Crippen LogP contribution < -0.4 is 0 Å². The molecule has 0 saturated heterocycles. The van der Waals surface area contributed by atoms with E-state index in [1.54, 1.807) is 6.07 Å². The zero-order chi connectivity index (χ0) is 14.9. The van der Waals surface area contributed by atoms with Crippen LogP contribution >= 0.6 is 0 Å². The van der Waals surface area contributed by atoms with Crippen molar-refractivity contribution in [2.75, 3.05) is 0 Å². The average Bonchev–Trinajstić information content (AvgIpc) is 2.39. The van der Waals surface area contributed by atoms with Crippen molar-refractivity contribution in [3.8, 4) is 11.5 Å². The number of aromatic hydroxyl groups is 2. The van der Waals surface area contributed by atoms with Gasteiger partial charge in [0.1, 0.15) is 16.4 Å². The molecule has 0 aromatic heterocycles. The lowest BCUT2D eigenvalue weighted by Gasteiger charge is -2.11. The number of phenols is 2. The van der Waals surface area contributed by atoms with Crippen molar-refractivity contribution in [1.29, 1.82) is 0 Å². The topological polar surface area (TPSA) is 74.6 Å². The van der Waals surface area contributed by atoms with E-state index in [-0.39, 0.29) is 27.2 Å². The molecule has 2 aromatic carbocycles. The molecule has 106 valence electrons. The highest BCUT2D eigenvalue weighted by molar-refractivity contribution is 7.91. The van der Waals surface area contributed by atoms with Crippen LogP contribution in [-0.2, 0) is 9.84 Å². The van der Waals surface area contributed by atoms with Crippen LogP contribution in [0.5, 0.6) is 11.5 Å². The summed E-state index contributed by atoms with van der Waals surface area (Å²) in [6, 6.07) is 9.81. The molecule has 2 aromatic rings.